The molecule has 2 aliphatic heterocycles. The lowest BCUT2D eigenvalue weighted by Crippen LogP contribution is -2.35. The van der Waals surface area contributed by atoms with Crippen molar-refractivity contribution in [2.45, 2.75) is 31.9 Å². The van der Waals surface area contributed by atoms with Gasteiger partial charge >= 0.3 is 0 Å². The van der Waals surface area contributed by atoms with Crippen LogP contribution in [0.15, 0.2) is 90.0 Å². The number of anilines is 2. The Labute approximate surface area is 261 Å². The molecular weight excluding hydrogens is 566 g/mol. The van der Waals surface area contributed by atoms with Crippen LogP contribution in [0.2, 0.25) is 0 Å². The number of hydrogen-bond donors (Lipinski definition) is 1. The molecule has 0 bridgehead atoms. The summed E-state index contributed by atoms with van der Waals surface area (Å²) in [7, 11) is 2.11. The number of hydrogen-bond acceptors (Lipinski definition) is 8. The predicted octanol–water partition coefficient (Wildman–Crippen LogP) is 5.27. The summed E-state index contributed by atoms with van der Waals surface area (Å²) in [4.78, 5) is 44.5. The van der Waals surface area contributed by atoms with E-state index in [4.69, 9.17) is 14.7 Å². The summed E-state index contributed by atoms with van der Waals surface area (Å²) in [6, 6.07) is 23.2. The molecule has 1 N–H and O–H groups in total. The number of aromatic nitrogens is 4. The smallest absolute Gasteiger partial charge is 0.266 e. The summed E-state index contributed by atoms with van der Waals surface area (Å²) in [5.74, 6) is 0.449. The Hall–Kier alpha value is -4.93. The number of nitrogens with zero attached hydrogens (tertiary/aromatic N) is 6. The number of pyridine rings is 2. The van der Waals surface area contributed by atoms with Gasteiger partial charge in [0.15, 0.2) is 5.65 Å². The maximum absolute atomic E-state index is 14.1. The lowest BCUT2D eigenvalue weighted by Gasteiger charge is -2.30. The van der Waals surface area contributed by atoms with Crippen molar-refractivity contribution in [2.75, 3.05) is 38.6 Å². The van der Waals surface area contributed by atoms with Crippen LogP contribution in [0.3, 0.4) is 0 Å². The van der Waals surface area contributed by atoms with Gasteiger partial charge < -0.3 is 19.9 Å². The molecule has 0 saturated carbocycles. The first kappa shape index (κ1) is 28.8. The fraction of sp³-hybridized carbons (Fsp3) is 0.286. The van der Waals surface area contributed by atoms with E-state index in [-0.39, 0.29) is 23.6 Å². The Bertz CT molecular complexity index is 1890. The third-order valence-corrected chi connectivity index (χ3v) is 8.67. The highest BCUT2D eigenvalue weighted by atomic mass is 16.5. The van der Waals surface area contributed by atoms with Gasteiger partial charge in [-0.2, -0.15) is 4.98 Å². The average Bonchev–Trinajstić information content (AvgIpc) is 3.56. The normalized spacial score (nSPS) is 18.8. The zero-order chi connectivity index (χ0) is 30.9. The molecule has 5 aromatic rings. The summed E-state index contributed by atoms with van der Waals surface area (Å²) < 4.78 is 7.57. The molecule has 10 heteroatoms. The van der Waals surface area contributed by atoms with E-state index in [0.717, 1.165) is 55.9 Å². The van der Waals surface area contributed by atoms with Crippen LogP contribution in [0.5, 0.6) is 0 Å². The van der Waals surface area contributed by atoms with E-state index < -0.39 is 0 Å². The minimum atomic E-state index is -0.230. The van der Waals surface area contributed by atoms with Crippen molar-refractivity contribution in [3.05, 3.63) is 107 Å². The molecule has 3 aromatic heterocycles. The average molecular weight is 602 g/mol. The quantitative estimate of drug-likeness (QED) is 0.281. The van der Waals surface area contributed by atoms with Crippen LogP contribution in [0.25, 0.3) is 28.0 Å². The van der Waals surface area contributed by atoms with Crippen LogP contribution >= 0.6 is 0 Å². The number of ether oxygens (including phenoxy) is 1. The van der Waals surface area contributed by atoms with Gasteiger partial charge in [0.1, 0.15) is 0 Å². The number of amides is 1. The van der Waals surface area contributed by atoms with Crippen LogP contribution in [0.1, 0.15) is 43.0 Å². The number of rotatable bonds is 6. The summed E-state index contributed by atoms with van der Waals surface area (Å²) in [5, 5.41) is 4.00. The van der Waals surface area contributed by atoms with Crippen molar-refractivity contribution in [1.29, 1.82) is 0 Å². The molecule has 1 amide bonds. The third kappa shape index (κ3) is 5.82. The highest BCUT2D eigenvalue weighted by Gasteiger charge is 2.28. The molecule has 10 nitrogen and oxygen atoms in total. The second kappa shape index (κ2) is 12.2. The Morgan fingerprint density at radius 2 is 1.76 bits per heavy atom. The zero-order valence-corrected chi connectivity index (χ0v) is 25.4. The third-order valence-electron chi connectivity index (χ3n) is 8.67. The van der Waals surface area contributed by atoms with Gasteiger partial charge in [-0.25, -0.2) is 4.98 Å². The second-order valence-corrected chi connectivity index (χ2v) is 11.7. The zero-order valence-electron chi connectivity index (χ0n) is 25.4. The van der Waals surface area contributed by atoms with Crippen molar-refractivity contribution >= 4 is 28.6 Å². The molecule has 2 aromatic carbocycles. The Morgan fingerprint density at radius 1 is 0.956 bits per heavy atom. The Morgan fingerprint density at radius 3 is 2.49 bits per heavy atom. The molecule has 228 valence electrons. The van der Waals surface area contributed by atoms with Gasteiger partial charge in [0.05, 0.1) is 35.7 Å². The van der Waals surface area contributed by atoms with Crippen LogP contribution in [0.4, 0.5) is 11.6 Å². The fourth-order valence-corrected chi connectivity index (χ4v) is 6.30. The van der Waals surface area contributed by atoms with Crippen LogP contribution < -0.4 is 10.9 Å². The van der Waals surface area contributed by atoms with E-state index in [9.17, 15) is 9.59 Å². The molecule has 2 unspecified atom stereocenters. The SMILES string of the molecule is CC(=O)N1CCCC1c1ccc(-c2cc3cnc(Nc4ccc(C5CN(C)CCO5)cc4)nc3n(-c3ccccc3)c2=O)nc1. The minimum Gasteiger partial charge on any atom is -0.371 e. The number of carbonyl (C=O) groups is 1. The predicted molar refractivity (Wildman–Crippen MR) is 174 cm³/mol. The van der Waals surface area contributed by atoms with Crippen molar-refractivity contribution in [2.24, 2.45) is 0 Å². The van der Waals surface area contributed by atoms with E-state index in [2.05, 4.69) is 34.4 Å². The number of morpholine rings is 1. The van der Waals surface area contributed by atoms with Crippen molar-refractivity contribution in [1.82, 2.24) is 29.3 Å². The summed E-state index contributed by atoms with van der Waals surface area (Å²) >= 11 is 0. The molecule has 7 rings (SSSR count). The summed E-state index contributed by atoms with van der Waals surface area (Å²) in [5.41, 5.74) is 4.89. The first-order valence-electron chi connectivity index (χ1n) is 15.3. The Kier molecular flexibility index (Phi) is 7.83. The maximum Gasteiger partial charge on any atom is 0.266 e. The molecule has 0 radical (unpaired) electrons. The minimum absolute atomic E-state index is 0.0134. The van der Waals surface area contributed by atoms with Gasteiger partial charge in [-0.3, -0.25) is 19.1 Å². The topological polar surface area (TPSA) is 105 Å². The lowest BCUT2D eigenvalue weighted by molar-refractivity contribution is -0.129. The van der Waals surface area contributed by atoms with E-state index in [1.54, 1.807) is 30.0 Å². The molecule has 5 heterocycles. The number of nitrogens with one attached hydrogen (secondary N) is 1. The van der Waals surface area contributed by atoms with E-state index in [1.165, 1.54) is 0 Å². The largest absolute Gasteiger partial charge is 0.371 e. The van der Waals surface area contributed by atoms with Crippen LogP contribution in [0, 0.1) is 0 Å². The first-order valence-corrected chi connectivity index (χ1v) is 15.3. The number of para-hydroxylation sites is 1. The first-order chi connectivity index (χ1) is 21.9. The van der Waals surface area contributed by atoms with Crippen molar-refractivity contribution < 1.29 is 9.53 Å². The van der Waals surface area contributed by atoms with Gasteiger partial charge in [0, 0.05) is 50.0 Å². The highest BCUT2D eigenvalue weighted by Crippen LogP contribution is 2.32. The fourth-order valence-electron chi connectivity index (χ4n) is 6.30. The van der Waals surface area contributed by atoms with Crippen molar-refractivity contribution in [3.8, 4) is 16.9 Å². The number of fused-ring (bicyclic) bond motifs is 1. The van der Waals surface area contributed by atoms with Crippen LogP contribution in [-0.4, -0.2) is 68.5 Å². The molecule has 45 heavy (non-hydrogen) atoms. The van der Waals surface area contributed by atoms with E-state index in [0.29, 0.717) is 33.9 Å². The number of likely N-dealkylation sites (N-methyl/N-ethyl adjacent to an activating group) is 1. The molecule has 2 atom stereocenters. The lowest BCUT2D eigenvalue weighted by atomic mass is 10.0. The number of carbonyl (C=O) groups excluding carboxylic acids is 1. The molecule has 2 aliphatic rings. The number of likely N-dealkylation sites (tertiary alicyclic amines) is 1. The molecule has 0 spiro atoms. The molecule has 2 fully saturated rings. The van der Waals surface area contributed by atoms with E-state index >= 15 is 0 Å². The Balaban J connectivity index is 1.22. The van der Waals surface area contributed by atoms with Gasteiger partial charge in [-0.15, -0.1) is 0 Å². The molecular formula is C35H35N7O3. The molecule has 2 saturated heterocycles. The maximum atomic E-state index is 14.1. The van der Waals surface area contributed by atoms with Gasteiger partial charge in [-0.1, -0.05) is 36.4 Å². The van der Waals surface area contributed by atoms with Gasteiger partial charge in [0.25, 0.3) is 5.56 Å². The monoisotopic (exact) mass is 601 g/mol. The number of benzene rings is 2. The van der Waals surface area contributed by atoms with Gasteiger partial charge in [-0.05, 0) is 67.4 Å². The summed E-state index contributed by atoms with van der Waals surface area (Å²) in [6.07, 6.45) is 5.43. The van der Waals surface area contributed by atoms with Crippen LogP contribution in [-0.2, 0) is 9.53 Å². The van der Waals surface area contributed by atoms with Gasteiger partial charge in [0.2, 0.25) is 11.9 Å². The molecule has 0 aliphatic carbocycles. The standard InChI is InChI=1S/C35H35N7O3/c1-23(43)41-16-6-9-31(41)25-12-15-30(36-20-25)29-19-26-21-37-35(39-33(26)42(34(29)44)28-7-4-3-5-8-28)38-27-13-10-24(11-14-27)32-22-40(2)17-18-45-32/h3-5,7-8,10-15,19-21,31-32H,6,9,16-18,22H2,1-2H3,(H,37,38,39). The second-order valence-electron chi connectivity index (χ2n) is 11.7. The summed E-state index contributed by atoms with van der Waals surface area (Å²) in [6.45, 7) is 4.88. The van der Waals surface area contributed by atoms with Crippen molar-refractivity contribution in [3.63, 3.8) is 0 Å². The highest BCUT2D eigenvalue weighted by molar-refractivity contribution is 5.82. The van der Waals surface area contributed by atoms with E-state index in [1.807, 2.05) is 59.5 Å².